The quantitative estimate of drug-likeness (QED) is 0.465. The van der Waals surface area contributed by atoms with Crippen molar-refractivity contribution in [3.63, 3.8) is 0 Å². The van der Waals surface area contributed by atoms with Crippen molar-refractivity contribution in [3.8, 4) is 0 Å². The average molecular weight is 90.1 g/mol. The highest BCUT2D eigenvalue weighted by Gasteiger charge is 1.84. The van der Waals surface area contributed by atoms with Gasteiger partial charge in [-0.3, -0.25) is 0 Å². The van der Waals surface area contributed by atoms with Crippen LogP contribution in [-0.4, -0.2) is 6.50 Å². The van der Waals surface area contributed by atoms with E-state index in [1.807, 2.05) is 0 Å². The molecule has 1 heterocycles. The number of nitrogens with one attached hydrogen (secondary N) is 1. The van der Waals surface area contributed by atoms with Crippen molar-refractivity contribution in [2.45, 2.75) is 6.37 Å². The summed E-state index contributed by atoms with van der Waals surface area (Å²) in [5.41, 5.74) is 0.104. The molecule has 0 spiro atoms. The second kappa shape index (κ2) is 1.82. The van der Waals surface area contributed by atoms with Gasteiger partial charge in [0.05, 0.1) is 0 Å². The summed E-state index contributed by atoms with van der Waals surface area (Å²) in [6, 6.07) is 0. The van der Waals surface area contributed by atoms with Gasteiger partial charge in [-0.25, -0.2) is 0 Å². The summed E-state index contributed by atoms with van der Waals surface area (Å²) in [5.74, 6) is 0. The van der Waals surface area contributed by atoms with Crippen LogP contribution in [0.5, 0.6) is 0 Å². The Labute approximate surface area is 43.8 Å². The molecule has 0 aliphatic carbocycles. The van der Waals surface area contributed by atoms with Crippen LogP contribution in [0.1, 0.15) is 11.9 Å². The largest absolute Gasteiger partial charge is 0.417 e. The monoisotopic (exact) mass is 90.1 g/mol. The molecule has 0 atom stereocenters. The van der Waals surface area contributed by atoms with Crippen molar-refractivity contribution < 1.29 is 11.7 Å². The summed E-state index contributed by atoms with van der Waals surface area (Å²) in [6.45, 7) is -2.44. The van der Waals surface area contributed by atoms with Crippen LogP contribution in [0.25, 0.3) is 0 Å². The van der Waals surface area contributed by atoms with Gasteiger partial charge in [0.1, 0.15) is 6.26 Å². The standard InChI is InChI=1S/C4H7NO/c1-2-4-6-5-3-1/h2,4-5H,1,3H2/i1D2,3D2/hD. The molecule has 1 aliphatic heterocycles. The highest BCUT2D eigenvalue weighted by atomic mass is 16.6. The van der Waals surface area contributed by atoms with Gasteiger partial charge in [-0.05, 0) is 12.4 Å². The molecule has 0 amide bonds. The first-order valence-electron chi connectivity index (χ1n) is 3.96. The molecule has 0 aromatic rings. The van der Waals surface area contributed by atoms with E-state index < -0.39 is 12.9 Å². The fraction of sp³-hybridized carbons (Fsp3) is 0.500. The molecule has 0 saturated heterocycles. The molecule has 0 aromatic carbocycles. The van der Waals surface area contributed by atoms with E-state index in [1.165, 1.54) is 0 Å². The molecule has 1 aliphatic rings. The zero-order chi connectivity index (χ0) is 8.70. The van der Waals surface area contributed by atoms with Crippen LogP contribution in [0.15, 0.2) is 12.3 Å². The lowest BCUT2D eigenvalue weighted by atomic mass is 10.4. The minimum absolute atomic E-state index is 0.104. The first kappa shape index (κ1) is 1.01. The van der Waals surface area contributed by atoms with Crippen LogP contribution in [-0.2, 0) is 4.84 Å². The first-order valence-corrected chi connectivity index (χ1v) is 1.51. The molecule has 0 aromatic heterocycles. The van der Waals surface area contributed by atoms with Crippen LogP contribution in [0.2, 0.25) is 1.41 Å². The molecule has 1 rings (SSSR count). The topological polar surface area (TPSA) is 21.3 Å². The lowest BCUT2D eigenvalue weighted by Crippen LogP contribution is -2.14. The Hall–Kier alpha value is -0.500. The van der Waals surface area contributed by atoms with Crippen LogP contribution >= 0.6 is 0 Å². The second-order valence-corrected chi connectivity index (χ2v) is 0.756. The molecular weight excluding hydrogens is 78.0 g/mol. The lowest BCUT2D eigenvalue weighted by Gasteiger charge is -2.03. The molecule has 2 heteroatoms. The molecule has 0 saturated carbocycles. The van der Waals surface area contributed by atoms with E-state index in [9.17, 15) is 0 Å². The highest BCUT2D eigenvalue weighted by molar-refractivity contribution is 4.75. The van der Waals surface area contributed by atoms with Crippen LogP contribution in [0, 0.1) is 0 Å². The third-order valence-electron chi connectivity index (χ3n) is 0.375. The fourth-order valence-corrected chi connectivity index (χ4v) is 0.185. The third kappa shape index (κ3) is 0.723. The van der Waals surface area contributed by atoms with Crippen LogP contribution in [0.3, 0.4) is 0 Å². The van der Waals surface area contributed by atoms with Gasteiger partial charge in [-0.2, -0.15) is 5.47 Å². The molecule has 2 nitrogen and oxygen atoms in total. The van der Waals surface area contributed by atoms with E-state index in [4.69, 9.17) is 6.89 Å². The number of hydrogen-bond acceptors (Lipinski definition) is 2. The molecule has 0 bridgehead atoms. The highest BCUT2D eigenvalue weighted by Crippen LogP contribution is 1.85. The van der Waals surface area contributed by atoms with Gasteiger partial charge >= 0.3 is 0 Å². The Morgan fingerprint density at radius 2 is 3.17 bits per heavy atom. The minimum atomic E-state index is -2.44. The second-order valence-electron chi connectivity index (χ2n) is 0.756. The molecule has 34 valence electrons. The Morgan fingerprint density at radius 3 is 3.83 bits per heavy atom. The van der Waals surface area contributed by atoms with Gasteiger partial charge in [0.2, 0.25) is 0 Å². The van der Waals surface area contributed by atoms with E-state index in [0.29, 0.717) is 0 Å². The van der Waals surface area contributed by atoms with Crippen molar-refractivity contribution in [2.75, 3.05) is 6.50 Å². The van der Waals surface area contributed by atoms with Gasteiger partial charge in [-0.15, -0.1) is 0 Å². The Kier molecular flexibility index (Phi) is 0.307. The average Bonchev–Trinajstić information content (AvgIpc) is 1.84. The predicted molar refractivity (Wildman–Crippen MR) is 22.8 cm³/mol. The summed E-state index contributed by atoms with van der Waals surface area (Å²) >= 11 is 0. The van der Waals surface area contributed by atoms with Gasteiger partial charge in [0.25, 0.3) is 0 Å². The van der Waals surface area contributed by atoms with Gasteiger partial charge < -0.3 is 4.84 Å². The zero-order valence-electron chi connectivity index (χ0n) is 8.01. The van der Waals surface area contributed by atoms with Crippen molar-refractivity contribution >= 4 is 0 Å². The lowest BCUT2D eigenvalue weighted by molar-refractivity contribution is 0.125. The number of rotatable bonds is 0. The Bertz CT molecular complexity index is 191. The fourth-order valence-electron chi connectivity index (χ4n) is 0.185. The summed E-state index contributed by atoms with van der Waals surface area (Å²) in [5, 5.41) is 0. The molecule has 0 fully saturated rings. The van der Waals surface area contributed by atoms with Gasteiger partial charge in [-0.1, -0.05) is 0 Å². The summed E-state index contributed by atoms with van der Waals surface area (Å²) in [6.07, 6.45) is -0.292. The third-order valence-corrected chi connectivity index (χ3v) is 0.375. The maximum atomic E-state index is 7.12. The molecule has 0 unspecified atom stereocenters. The predicted octanol–water partition coefficient (Wildman–Crippen LogP) is 0.425. The molecule has 6 heavy (non-hydrogen) atoms. The Balaban J connectivity index is 2.97. The maximum absolute atomic E-state index is 7.12. The van der Waals surface area contributed by atoms with Crippen LogP contribution in [0.4, 0.5) is 0 Å². The molecule has 0 radical (unpaired) electrons. The first-order chi connectivity index (χ1) is 4.88. The minimum Gasteiger partial charge on any atom is -0.417 e. The van der Waals surface area contributed by atoms with E-state index in [2.05, 4.69) is 4.84 Å². The maximum Gasteiger partial charge on any atom is 0.168 e. The van der Waals surface area contributed by atoms with Gasteiger partial charge in [0, 0.05) is 12.0 Å². The summed E-state index contributed by atoms with van der Waals surface area (Å²) in [4.78, 5) is 4.33. The Morgan fingerprint density at radius 1 is 2.17 bits per heavy atom. The van der Waals surface area contributed by atoms with E-state index in [0.717, 1.165) is 12.3 Å². The molecular formula is C4H7NO. The van der Waals surface area contributed by atoms with Crippen molar-refractivity contribution in [3.05, 3.63) is 12.3 Å². The summed E-state index contributed by atoms with van der Waals surface area (Å²) in [7, 11) is 0. The molecule has 1 N–H and O–H groups in total. The van der Waals surface area contributed by atoms with E-state index in [1.54, 1.807) is 0 Å². The van der Waals surface area contributed by atoms with E-state index in [-0.39, 0.29) is 5.47 Å². The van der Waals surface area contributed by atoms with Gasteiger partial charge in [0.15, 0.2) is 1.41 Å². The van der Waals surface area contributed by atoms with Crippen molar-refractivity contribution in [2.24, 2.45) is 0 Å². The van der Waals surface area contributed by atoms with Crippen molar-refractivity contribution in [1.82, 2.24) is 5.47 Å². The zero-order valence-corrected chi connectivity index (χ0v) is 3.01. The smallest absolute Gasteiger partial charge is 0.168 e. The SMILES string of the molecule is [2H]N1OC=CC([2H])([2H])C1([2H])[2H]. The number of hydrogen-bond donors (Lipinski definition) is 1. The van der Waals surface area contributed by atoms with Crippen molar-refractivity contribution in [1.29, 1.82) is 0 Å². The van der Waals surface area contributed by atoms with E-state index >= 15 is 0 Å². The summed E-state index contributed by atoms with van der Waals surface area (Å²) < 4.78 is 35.3. The van der Waals surface area contributed by atoms with Crippen LogP contribution < -0.4 is 5.47 Å². The number of hydroxylamine groups is 1. The normalized spacial score (nSPS) is 52.3.